The molecule has 1 atom stereocenters. The third-order valence-corrected chi connectivity index (χ3v) is 10.5. The fourth-order valence-corrected chi connectivity index (χ4v) is 8.63. The molecule has 0 amide bonds. The van der Waals surface area contributed by atoms with Crippen molar-refractivity contribution in [3.63, 3.8) is 0 Å². The topological polar surface area (TPSA) is 92.0 Å². The van der Waals surface area contributed by atoms with E-state index in [4.69, 9.17) is 11.8 Å². The van der Waals surface area contributed by atoms with Crippen LogP contribution in [0.5, 0.6) is 0 Å². The second kappa shape index (κ2) is 8.39. The quantitative estimate of drug-likeness (QED) is 0.505. The normalized spacial score (nSPS) is 22.5. The molecule has 0 N–H and O–H groups in total. The lowest BCUT2D eigenvalue weighted by Crippen LogP contribution is -2.23. The molecule has 2 aliphatic rings. The van der Waals surface area contributed by atoms with Gasteiger partial charge in [-0.05, 0) is 36.4 Å². The van der Waals surface area contributed by atoms with E-state index in [-0.39, 0.29) is 17.5 Å². The molecule has 1 unspecified atom stereocenters. The SMILES string of the molecule is COC(=O)CSP1(=S)N=C(CSC(=O)OC)C(C#N)=C2CCCN21. The van der Waals surface area contributed by atoms with Gasteiger partial charge in [-0.3, -0.25) is 4.79 Å². The van der Waals surface area contributed by atoms with E-state index in [9.17, 15) is 14.9 Å². The van der Waals surface area contributed by atoms with Gasteiger partial charge in [0.1, 0.15) is 6.07 Å². The van der Waals surface area contributed by atoms with Crippen LogP contribution in [0.4, 0.5) is 4.79 Å². The Kier molecular flexibility index (Phi) is 6.75. The fraction of sp³-hybridized carbons (Fsp3) is 0.538. The summed E-state index contributed by atoms with van der Waals surface area (Å²) in [5.74, 6) is -0.0227. The zero-order valence-corrected chi connectivity index (χ0v) is 16.5. The summed E-state index contributed by atoms with van der Waals surface area (Å²) < 4.78 is 15.9. The van der Waals surface area contributed by atoms with Gasteiger partial charge in [0.2, 0.25) is 0 Å². The summed E-state index contributed by atoms with van der Waals surface area (Å²) in [5, 5.41) is 9.07. The van der Waals surface area contributed by atoms with Crippen molar-refractivity contribution < 1.29 is 19.1 Å². The Balaban J connectivity index is 2.31. The van der Waals surface area contributed by atoms with Crippen LogP contribution in [0, 0.1) is 11.3 Å². The minimum atomic E-state index is -2.46. The number of hydrogen-bond donors (Lipinski definition) is 0. The Morgan fingerprint density at radius 2 is 2.21 bits per heavy atom. The highest BCUT2D eigenvalue weighted by Crippen LogP contribution is 2.68. The van der Waals surface area contributed by atoms with Crippen LogP contribution >= 0.6 is 28.7 Å². The average Bonchev–Trinajstić information content (AvgIpc) is 3.08. The van der Waals surface area contributed by atoms with Crippen LogP contribution in [0.1, 0.15) is 12.8 Å². The number of nitriles is 1. The first-order valence-electron chi connectivity index (χ1n) is 6.98. The van der Waals surface area contributed by atoms with Crippen LogP contribution in [-0.2, 0) is 26.1 Å². The molecule has 0 aromatic carbocycles. The number of fused-ring (bicyclic) bond motifs is 1. The van der Waals surface area contributed by atoms with Crippen molar-refractivity contribution in [3.8, 4) is 6.07 Å². The van der Waals surface area contributed by atoms with Crippen LogP contribution in [-0.4, -0.2) is 53.9 Å². The van der Waals surface area contributed by atoms with Crippen molar-refractivity contribution in [2.45, 2.75) is 12.8 Å². The number of carbonyl (C=O) groups excluding carboxylic acids is 2. The molecule has 0 bridgehead atoms. The molecular formula is C13H16N3O4PS3. The number of esters is 1. The standard InChI is InChI=1S/C13H16N3O4PS3/c1-19-12(17)8-24-21(22)15-10(7-23-13(18)20-2)9(6-14)11-4-3-5-16(11)21/h3-5,7-8H2,1-2H3. The Morgan fingerprint density at radius 1 is 1.46 bits per heavy atom. The van der Waals surface area contributed by atoms with Crippen molar-refractivity contribution in [1.82, 2.24) is 4.67 Å². The maximum absolute atomic E-state index is 11.5. The van der Waals surface area contributed by atoms with Crippen molar-refractivity contribution in [2.24, 2.45) is 4.76 Å². The van der Waals surface area contributed by atoms with E-state index in [1.165, 1.54) is 25.6 Å². The maximum Gasteiger partial charge on any atom is 0.367 e. The van der Waals surface area contributed by atoms with Crippen molar-refractivity contribution in [3.05, 3.63) is 11.3 Å². The fourth-order valence-electron chi connectivity index (χ4n) is 2.33. The van der Waals surface area contributed by atoms with E-state index in [0.29, 0.717) is 11.3 Å². The molecule has 1 fully saturated rings. The zero-order valence-electron chi connectivity index (χ0n) is 13.2. The Labute approximate surface area is 153 Å². The lowest BCUT2D eigenvalue weighted by atomic mass is 10.1. The summed E-state index contributed by atoms with van der Waals surface area (Å²) in [6.45, 7) is 0.729. The molecule has 1 saturated heterocycles. The highest BCUT2D eigenvalue weighted by Gasteiger charge is 2.39. The van der Waals surface area contributed by atoms with Gasteiger partial charge >= 0.3 is 11.3 Å². The Morgan fingerprint density at radius 3 is 2.83 bits per heavy atom. The molecular weight excluding hydrogens is 389 g/mol. The van der Waals surface area contributed by atoms with Gasteiger partial charge in [-0.1, -0.05) is 11.4 Å². The van der Waals surface area contributed by atoms with Crippen LogP contribution in [0.25, 0.3) is 0 Å². The van der Waals surface area contributed by atoms with Gasteiger partial charge in [0.05, 0.1) is 31.3 Å². The van der Waals surface area contributed by atoms with Gasteiger partial charge in [-0.2, -0.15) is 5.26 Å². The minimum absolute atomic E-state index is 0.111. The van der Waals surface area contributed by atoms with E-state index < -0.39 is 10.8 Å². The third-order valence-electron chi connectivity index (χ3n) is 3.41. The van der Waals surface area contributed by atoms with Crippen molar-refractivity contribution in [1.29, 1.82) is 5.26 Å². The third kappa shape index (κ3) is 4.14. The highest BCUT2D eigenvalue weighted by atomic mass is 32.9. The molecule has 0 aromatic heterocycles. The molecule has 24 heavy (non-hydrogen) atoms. The van der Waals surface area contributed by atoms with Gasteiger partial charge < -0.3 is 14.1 Å². The molecule has 2 heterocycles. The van der Waals surface area contributed by atoms with Gasteiger partial charge in [0, 0.05) is 18.0 Å². The monoisotopic (exact) mass is 405 g/mol. The van der Waals surface area contributed by atoms with Gasteiger partial charge in [0.15, 0.2) is 5.54 Å². The largest absolute Gasteiger partial charge is 0.468 e. The first kappa shape index (κ1) is 19.3. The Hall–Kier alpha value is -1.01. The number of allylic oxidation sites excluding steroid dienone is 2. The molecule has 0 saturated carbocycles. The predicted octanol–water partition coefficient (Wildman–Crippen LogP) is 2.94. The summed E-state index contributed by atoms with van der Waals surface area (Å²) in [6.07, 6.45) is 1.65. The van der Waals surface area contributed by atoms with Gasteiger partial charge in [-0.25, -0.2) is 9.56 Å². The summed E-state index contributed by atoms with van der Waals surface area (Å²) in [6, 6.07) is 2.19. The van der Waals surface area contributed by atoms with E-state index in [2.05, 4.69) is 20.3 Å². The van der Waals surface area contributed by atoms with Crippen LogP contribution in [0.2, 0.25) is 0 Å². The lowest BCUT2D eigenvalue weighted by Gasteiger charge is -2.34. The highest BCUT2D eigenvalue weighted by molar-refractivity contribution is 8.70. The number of methoxy groups -OCH3 is 2. The minimum Gasteiger partial charge on any atom is -0.468 e. The van der Waals surface area contributed by atoms with Crippen LogP contribution < -0.4 is 0 Å². The molecule has 0 aromatic rings. The smallest absolute Gasteiger partial charge is 0.367 e. The first-order chi connectivity index (χ1) is 11.4. The molecule has 0 radical (unpaired) electrons. The van der Waals surface area contributed by atoms with Crippen LogP contribution in [0.15, 0.2) is 16.0 Å². The number of ether oxygens (including phenoxy) is 2. The number of hydrogen-bond acceptors (Lipinski definition) is 8. The number of thioether (sulfide) groups is 1. The van der Waals surface area contributed by atoms with E-state index in [1.807, 2.05) is 4.67 Å². The molecule has 11 heteroatoms. The number of nitrogens with zero attached hydrogens (tertiary/aromatic N) is 3. The molecule has 0 aliphatic carbocycles. The molecule has 0 spiro atoms. The van der Waals surface area contributed by atoms with Gasteiger partial charge in [-0.15, -0.1) is 0 Å². The van der Waals surface area contributed by atoms with E-state index >= 15 is 0 Å². The first-order valence-corrected chi connectivity index (χ1v) is 12.3. The molecule has 7 nitrogen and oxygen atoms in total. The summed E-state index contributed by atoms with van der Waals surface area (Å²) in [7, 11) is 2.63. The van der Waals surface area contributed by atoms with E-state index in [0.717, 1.165) is 36.8 Å². The predicted molar refractivity (Wildman–Crippen MR) is 99.6 cm³/mol. The lowest BCUT2D eigenvalue weighted by molar-refractivity contribution is -0.137. The van der Waals surface area contributed by atoms with Gasteiger partial charge in [0.25, 0.3) is 0 Å². The zero-order chi connectivity index (χ0) is 17.7. The maximum atomic E-state index is 11.5. The van der Waals surface area contributed by atoms with Crippen molar-refractivity contribution in [2.75, 3.05) is 32.3 Å². The van der Waals surface area contributed by atoms with Crippen LogP contribution in [0.3, 0.4) is 0 Å². The summed E-state index contributed by atoms with van der Waals surface area (Å²) >= 11 is 8.01. The second-order valence-electron chi connectivity index (χ2n) is 4.79. The number of rotatable bonds is 5. The second-order valence-corrected chi connectivity index (χ2v) is 12.4. The molecule has 2 aliphatic heterocycles. The Bertz CT molecular complexity index is 701. The summed E-state index contributed by atoms with van der Waals surface area (Å²) in [4.78, 5) is 22.9. The van der Waals surface area contributed by atoms with Crippen molar-refractivity contribution >= 4 is 57.5 Å². The van der Waals surface area contributed by atoms with E-state index in [1.54, 1.807) is 0 Å². The summed E-state index contributed by atoms with van der Waals surface area (Å²) in [5.41, 5.74) is -0.576. The molecule has 130 valence electrons. The number of carbonyl (C=O) groups is 2. The molecule has 2 rings (SSSR count). The average molecular weight is 405 g/mol.